The molecule has 2 aromatic rings. The molecule has 1 atom stereocenters. The van der Waals surface area contributed by atoms with Crippen molar-refractivity contribution in [3.05, 3.63) is 59.8 Å². The summed E-state index contributed by atoms with van der Waals surface area (Å²) in [5, 5.41) is 8.83. The van der Waals surface area contributed by atoms with Gasteiger partial charge < -0.3 is 5.11 Å². The van der Waals surface area contributed by atoms with E-state index in [4.69, 9.17) is 0 Å². The van der Waals surface area contributed by atoms with Gasteiger partial charge in [0.1, 0.15) is 5.03 Å². The highest BCUT2D eigenvalue weighted by atomic mass is 32.2. The fourth-order valence-electron chi connectivity index (χ4n) is 2.65. The molecule has 0 saturated carbocycles. The Morgan fingerprint density at radius 3 is 2.68 bits per heavy atom. The summed E-state index contributed by atoms with van der Waals surface area (Å²) in [6.07, 6.45) is 2.14. The van der Waals surface area contributed by atoms with E-state index in [1.54, 1.807) is 0 Å². The molecule has 0 radical (unpaired) electrons. The van der Waals surface area contributed by atoms with Crippen LogP contribution in [0.2, 0.25) is 0 Å². The highest BCUT2D eigenvalue weighted by Gasteiger charge is 2.39. The molecule has 0 aliphatic carbocycles. The zero-order valence-electron chi connectivity index (χ0n) is 13.3. The van der Waals surface area contributed by atoms with E-state index in [1.807, 2.05) is 30.3 Å². The summed E-state index contributed by atoms with van der Waals surface area (Å²) in [6.45, 7) is 0.326. The molecular formula is C18H16N2O4S. The van der Waals surface area contributed by atoms with Gasteiger partial charge in [0.25, 0.3) is 0 Å². The second-order valence-corrected chi connectivity index (χ2v) is 6.78. The average Bonchev–Trinajstić information content (AvgIpc) is 2.88. The molecule has 1 saturated heterocycles. The third-order valence-corrected chi connectivity index (χ3v) is 5.13. The summed E-state index contributed by atoms with van der Waals surface area (Å²) >= 11 is 1.04. The molecule has 128 valence electrons. The van der Waals surface area contributed by atoms with E-state index >= 15 is 0 Å². The number of carboxylic acids is 1. The Balaban J connectivity index is 1.68. The molecule has 1 aromatic heterocycles. The average molecular weight is 356 g/mol. The molecule has 1 fully saturated rings. The maximum absolute atomic E-state index is 12.5. The number of hydrogen-bond acceptors (Lipinski definition) is 5. The Hall–Kier alpha value is -2.67. The SMILES string of the molecule is O=C(O)c1cccnc1S[C@H]1CC(=O)N(CCc2ccccc2)C1=O. The number of benzene rings is 1. The van der Waals surface area contributed by atoms with Crippen LogP contribution < -0.4 is 0 Å². The molecular weight excluding hydrogens is 340 g/mol. The number of thioether (sulfide) groups is 1. The molecule has 25 heavy (non-hydrogen) atoms. The van der Waals surface area contributed by atoms with Crippen LogP contribution in [0.25, 0.3) is 0 Å². The van der Waals surface area contributed by atoms with Crippen LogP contribution >= 0.6 is 11.8 Å². The second-order valence-electron chi connectivity index (χ2n) is 5.59. The zero-order valence-corrected chi connectivity index (χ0v) is 14.1. The Morgan fingerprint density at radius 1 is 1.20 bits per heavy atom. The van der Waals surface area contributed by atoms with Crippen molar-refractivity contribution in [3.8, 4) is 0 Å². The van der Waals surface area contributed by atoms with E-state index < -0.39 is 11.2 Å². The van der Waals surface area contributed by atoms with Crippen molar-refractivity contribution < 1.29 is 19.5 Å². The van der Waals surface area contributed by atoms with E-state index in [0.29, 0.717) is 13.0 Å². The predicted octanol–water partition coefficient (Wildman–Crippen LogP) is 2.24. The number of likely N-dealkylation sites (tertiary alicyclic amines) is 1. The minimum Gasteiger partial charge on any atom is -0.478 e. The molecule has 6 nitrogen and oxygen atoms in total. The normalized spacial score (nSPS) is 17.1. The van der Waals surface area contributed by atoms with Gasteiger partial charge in [0, 0.05) is 19.2 Å². The topological polar surface area (TPSA) is 87.6 Å². The third kappa shape index (κ3) is 3.88. The minimum absolute atomic E-state index is 0.0375. The summed E-state index contributed by atoms with van der Waals surface area (Å²) in [4.78, 5) is 41.3. The lowest BCUT2D eigenvalue weighted by Gasteiger charge is -2.15. The molecule has 0 bridgehead atoms. The number of imide groups is 1. The fourth-order valence-corrected chi connectivity index (χ4v) is 3.78. The second kappa shape index (κ2) is 7.48. The highest BCUT2D eigenvalue weighted by Crippen LogP contribution is 2.32. The van der Waals surface area contributed by atoms with Crippen LogP contribution in [0, 0.1) is 0 Å². The molecule has 7 heteroatoms. The summed E-state index contributed by atoms with van der Waals surface area (Å²) in [7, 11) is 0. The van der Waals surface area contributed by atoms with Gasteiger partial charge in [-0.1, -0.05) is 42.1 Å². The molecule has 1 N–H and O–H groups in total. The van der Waals surface area contributed by atoms with Crippen molar-refractivity contribution >= 4 is 29.5 Å². The summed E-state index contributed by atoms with van der Waals surface area (Å²) in [5.41, 5.74) is 1.09. The van der Waals surface area contributed by atoms with Crippen molar-refractivity contribution in [1.82, 2.24) is 9.88 Å². The molecule has 1 aromatic carbocycles. The molecule has 2 heterocycles. The van der Waals surface area contributed by atoms with Gasteiger partial charge in [0.05, 0.1) is 10.8 Å². The van der Waals surface area contributed by atoms with Crippen molar-refractivity contribution in [3.63, 3.8) is 0 Å². The van der Waals surface area contributed by atoms with Crippen LogP contribution in [0.3, 0.4) is 0 Å². The lowest BCUT2D eigenvalue weighted by Crippen LogP contribution is -2.33. The van der Waals surface area contributed by atoms with Gasteiger partial charge in [-0.2, -0.15) is 0 Å². The largest absolute Gasteiger partial charge is 0.478 e. The lowest BCUT2D eigenvalue weighted by atomic mass is 10.1. The molecule has 1 aliphatic rings. The maximum Gasteiger partial charge on any atom is 0.338 e. The number of nitrogens with zero attached hydrogens (tertiary/aromatic N) is 2. The van der Waals surface area contributed by atoms with Crippen molar-refractivity contribution in [2.75, 3.05) is 6.54 Å². The van der Waals surface area contributed by atoms with E-state index in [9.17, 15) is 19.5 Å². The van der Waals surface area contributed by atoms with E-state index in [-0.39, 0.29) is 28.8 Å². The fraction of sp³-hybridized carbons (Fsp3) is 0.222. The number of amides is 2. The van der Waals surface area contributed by atoms with Crippen molar-refractivity contribution in [2.24, 2.45) is 0 Å². The Labute approximate surface area is 148 Å². The number of rotatable bonds is 6. The van der Waals surface area contributed by atoms with Gasteiger partial charge in [0.2, 0.25) is 11.8 Å². The van der Waals surface area contributed by atoms with Gasteiger partial charge in [-0.05, 0) is 24.1 Å². The number of carbonyl (C=O) groups is 3. The zero-order chi connectivity index (χ0) is 17.8. The Kier molecular flexibility index (Phi) is 5.14. The van der Waals surface area contributed by atoms with Gasteiger partial charge in [-0.15, -0.1) is 0 Å². The van der Waals surface area contributed by atoms with Gasteiger partial charge in [-0.25, -0.2) is 9.78 Å². The van der Waals surface area contributed by atoms with Crippen molar-refractivity contribution in [1.29, 1.82) is 0 Å². The van der Waals surface area contributed by atoms with E-state index in [0.717, 1.165) is 17.3 Å². The van der Waals surface area contributed by atoms with Crippen LogP contribution in [-0.2, 0) is 16.0 Å². The van der Waals surface area contributed by atoms with E-state index in [2.05, 4.69) is 4.98 Å². The first-order valence-corrected chi connectivity index (χ1v) is 8.67. The number of aromatic nitrogens is 1. The summed E-state index contributed by atoms with van der Waals surface area (Å²) in [5.74, 6) is -1.62. The Morgan fingerprint density at radius 2 is 1.96 bits per heavy atom. The van der Waals surface area contributed by atoms with Crippen LogP contribution in [0.5, 0.6) is 0 Å². The third-order valence-electron chi connectivity index (χ3n) is 3.92. The first-order chi connectivity index (χ1) is 12.1. The van der Waals surface area contributed by atoms with Crippen LogP contribution in [0.4, 0.5) is 0 Å². The van der Waals surface area contributed by atoms with Crippen LogP contribution in [0.1, 0.15) is 22.3 Å². The smallest absolute Gasteiger partial charge is 0.338 e. The quantitative estimate of drug-likeness (QED) is 0.799. The number of hydrogen-bond donors (Lipinski definition) is 1. The number of carboxylic acid groups (broad SMARTS) is 1. The van der Waals surface area contributed by atoms with Gasteiger partial charge >= 0.3 is 5.97 Å². The molecule has 0 spiro atoms. The molecule has 0 unspecified atom stereocenters. The maximum atomic E-state index is 12.5. The number of pyridine rings is 1. The molecule has 3 rings (SSSR count). The number of aromatic carboxylic acids is 1. The monoisotopic (exact) mass is 356 g/mol. The van der Waals surface area contributed by atoms with Crippen LogP contribution in [-0.4, -0.2) is 44.6 Å². The minimum atomic E-state index is -1.10. The standard InChI is InChI=1S/C18H16N2O4S/c21-15-11-14(25-16-13(18(23)24)7-4-9-19-16)17(22)20(15)10-8-12-5-2-1-3-6-12/h1-7,9,14H,8,10-11H2,(H,23,24)/t14-/m0/s1. The van der Waals surface area contributed by atoms with Gasteiger partial charge in [-0.3, -0.25) is 14.5 Å². The predicted molar refractivity (Wildman–Crippen MR) is 92.3 cm³/mol. The highest BCUT2D eigenvalue weighted by molar-refractivity contribution is 8.00. The summed E-state index contributed by atoms with van der Waals surface area (Å²) < 4.78 is 0. The van der Waals surface area contributed by atoms with Crippen LogP contribution in [0.15, 0.2) is 53.7 Å². The Bertz CT molecular complexity index is 810. The summed E-state index contributed by atoms with van der Waals surface area (Å²) in [6, 6.07) is 12.6. The first-order valence-electron chi connectivity index (χ1n) is 7.79. The lowest BCUT2D eigenvalue weighted by molar-refractivity contribution is -0.138. The first kappa shape index (κ1) is 17.2. The van der Waals surface area contributed by atoms with E-state index in [1.165, 1.54) is 23.2 Å². The molecule has 1 aliphatic heterocycles. The van der Waals surface area contributed by atoms with Gasteiger partial charge in [0.15, 0.2) is 0 Å². The number of carbonyl (C=O) groups excluding carboxylic acids is 2. The van der Waals surface area contributed by atoms with Crippen molar-refractivity contribution in [2.45, 2.75) is 23.1 Å². The molecule has 2 amide bonds.